The third-order valence-corrected chi connectivity index (χ3v) is 5.09. The predicted octanol–water partition coefficient (Wildman–Crippen LogP) is 2.37. The van der Waals surface area contributed by atoms with E-state index in [1.54, 1.807) is 0 Å². The summed E-state index contributed by atoms with van der Waals surface area (Å²) in [6, 6.07) is 9.18. The molecule has 15 heavy (non-hydrogen) atoms. The Balaban J connectivity index is 2.73. The summed E-state index contributed by atoms with van der Waals surface area (Å²) >= 11 is 5.74. The van der Waals surface area contributed by atoms with Crippen molar-refractivity contribution in [2.75, 3.05) is 19.0 Å². The van der Waals surface area contributed by atoms with E-state index in [0.717, 1.165) is 5.30 Å². The molecule has 0 fully saturated rings. The molecule has 3 nitrogen and oxygen atoms in total. The Kier molecular flexibility index (Phi) is 5.34. The molecule has 1 aromatic carbocycles. The van der Waals surface area contributed by atoms with Gasteiger partial charge < -0.3 is 9.30 Å². The number of ether oxygens (including phenoxy) is 1. The van der Waals surface area contributed by atoms with Crippen molar-refractivity contribution in [3.63, 3.8) is 0 Å². The van der Waals surface area contributed by atoms with Gasteiger partial charge in [0.05, 0.1) is 5.62 Å². The summed E-state index contributed by atoms with van der Waals surface area (Å²) in [7, 11) is -2.69. The average Bonchev–Trinajstić information content (AvgIpc) is 2.30. The zero-order chi connectivity index (χ0) is 11.1. The minimum absolute atomic E-state index is 0.0735. The van der Waals surface area contributed by atoms with Crippen molar-refractivity contribution < 1.29 is 9.30 Å². The largest absolute Gasteiger partial charge is 0.366 e. The van der Waals surface area contributed by atoms with Crippen molar-refractivity contribution in [2.24, 2.45) is 0 Å². The molecule has 0 bridgehead atoms. The van der Waals surface area contributed by atoms with Gasteiger partial charge in [-0.3, -0.25) is 0 Å². The third-order valence-electron chi connectivity index (χ3n) is 1.97. The van der Waals surface area contributed by atoms with Crippen LogP contribution in [-0.4, -0.2) is 19.0 Å². The molecule has 0 spiro atoms. The highest BCUT2D eigenvalue weighted by Crippen LogP contribution is 2.40. The number of halogens is 1. The molecular formula is C10H15ClNO2P. The summed E-state index contributed by atoms with van der Waals surface area (Å²) in [4.78, 5) is 0. The maximum Gasteiger partial charge on any atom is 0.192 e. The minimum atomic E-state index is -2.69. The van der Waals surface area contributed by atoms with E-state index in [-0.39, 0.29) is 12.4 Å². The van der Waals surface area contributed by atoms with Crippen molar-refractivity contribution in [1.82, 2.24) is 5.09 Å². The molecule has 0 aromatic heterocycles. The van der Waals surface area contributed by atoms with Gasteiger partial charge >= 0.3 is 0 Å². The van der Waals surface area contributed by atoms with E-state index >= 15 is 0 Å². The van der Waals surface area contributed by atoms with Crippen LogP contribution >= 0.6 is 18.9 Å². The second-order valence-corrected chi connectivity index (χ2v) is 6.26. The molecule has 0 aliphatic heterocycles. The highest BCUT2D eigenvalue weighted by molar-refractivity contribution is 7.71. The Bertz CT molecular complexity index is 331. The minimum Gasteiger partial charge on any atom is -0.366 e. The molecule has 1 aromatic rings. The lowest BCUT2D eigenvalue weighted by atomic mass is 10.4. The molecule has 1 unspecified atom stereocenters. The molecule has 0 radical (unpaired) electrons. The van der Waals surface area contributed by atoms with Crippen LogP contribution in [0.2, 0.25) is 0 Å². The van der Waals surface area contributed by atoms with Crippen LogP contribution in [-0.2, 0) is 9.30 Å². The smallest absolute Gasteiger partial charge is 0.192 e. The summed E-state index contributed by atoms with van der Waals surface area (Å²) in [5.74, 6) is 0. The summed E-state index contributed by atoms with van der Waals surface area (Å²) in [6.45, 7) is 2.73. The maximum atomic E-state index is 12.3. The first kappa shape index (κ1) is 12.7. The number of hydrogen-bond acceptors (Lipinski definition) is 2. The van der Waals surface area contributed by atoms with Gasteiger partial charge in [0.2, 0.25) is 0 Å². The Labute approximate surface area is 95.2 Å². The van der Waals surface area contributed by atoms with Crippen molar-refractivity contribution in [2.45, 2.75) is 6.92 Å². The molecule has 5 heteroatoms. The first-order chi connectivity index (χ1) is 7.23. The molecule has 1 rings (SSSR count). The predicted molar refractivity (Wildman–Crippen MR) is 64.0 cm³/mol. The van der Waals surface area contributed by atoms with Gasteiger partial charge in [-0.25, -0.2) is 5.09 Å². The van der Waals surface area contributed by atoms with Crippen LogP contribution in [0.25, 0.3) is 0 Å². The Morgan fingerprint density at radius 1 is 1.40 bits per heavy atom. The quantitative estimate of drug-likeness (QED) is 0.363. The summed E-state index contributed by atoms with van der Waals surface area (Å²) in [6.07, 6.45) is 0. The van der Waals surface area contributed by atoms with E-state index in [1.165, 1.54) is 0 Å². The Hall–Kier alpha value is -0.340. The first-order valence-corrected chi connectivity index (χ1v) is 7.19. The zero-order valence-electron chi connectivity index (χ0n) is 8.65. The van der Waals surface area contributed by atoms with Crippen LogP contribution in [0.15, 0.2) is 30.3 Å². The van der Waals surface area contributed by atoms with Crippen LogP contribution in [0.1, 0.15) is 6.92 Å². The van der Waals surface area contributed by atoms with E-state index in [2.05, 4.69) is 5.09 Å². The topological polar surface area (TPSA) is 38.3 Å². The maximum absolute atomic E-state index is 12.3. The average molecular weight is 248 g/mol. The molecule has 84 valence electrons. The van der Waals surface area contributed by atoms with E-state index in [1.807, 2.05) is 37.3 Å². The third kappa shape index (κ3) is 3.62. The van der Waals surface area contributed by atoms with Crippen LogP contribution in [0.4, 0.5) is 0 Å². The summed E-state index contributed by atoms with van der Waals surface area (Å²) < 4.78 is 17.4. The number of rotatable bonds is 6. The number of benzene rings is 1. The SMILES string of the molecule is CCOCNP(=O)(CCl)c1ccccc1. The molecule has 0 aliphatic rings. The van der Waals surface area contributed by atoms with Gasteiger partial charge in [-0.2, -0.15) is 0 Å². The van der Waals surface area contributed by atoms with Gasteiger partial charge in [0.1, 0.15) is 6.73 Å². The molecule has 0 aliphatic carbocycles. The van der Waals surface area contributed by atoms with Gasteiger partial charge in [0.15, 0.2) is 7.29 Å². The fraction of sp³-hybridized carbons (Fsp3) is 0.400. The van der Waals surface area contributed by atoms with Crippen molar-refractivity contribution >= 4 is 24.2 Å². The van der Waals surface area contributed by atoms with Crippen molar-refractivity contribution in [1.29, 1.82) is 0 Å². The second-order valence-electron chi connectivity index (χ2n) is 2.99. The van der Waals surface area contributed by atoms with E-state index in [4.69, 9.17) is 16.3 Å². The van der Waals surface area contributed by atoms with E-state index < -0.39 is 7.29 Å². The van der Waals surface area contributed by atoms with Crippen molar-refractivity contribution in [3.05, 3.63) is 30.3 Å². The van der Waals surface area contributed by atoms with E-state index in [0.29, 0.717) is 6.61 Å². The van der Waals surface area contributed by atoms with Crippen LogP contribution in [0.5, 0.6) is 0 Å². The van der Waals surface area contributed by atoms with Gasteiger partial charge in [0.25, 0.3) is 0 Å². The van der Waals surface area contributed by atoms with Crippen LogP contribution < -0.4 is 10.4 Å². The van der Waals surface area contributed by atoms with Gasteiger partial charge in [-0.05, 0) is 6.92 Å². The van der Waals surface area contributed by atoms with Gasteiger partial charge in [-0.15, -0.1) is 11.6 Å². The number of nitrogens with one attached hydrogen (secondary N) is 1. The number of alkyl halides is 1. The van der Waals surface area contributed by atoms with Crippen LogP contribution in [0, 0.1) is 0 Å². The van der Waals surface area contributed by atoms with Gasteiger partial charge in [-0.1, -0.05) is 30.3 Å². The monoisotopic (exact) mass is 247 g/mol. The molecule has 0 heterocycles. The van der Waals surface area contributed by atoms with E-state index in [9.17, 15) is 4.57 Å². The Morgan fingerprint density at radius 2 is 2.07 bits per heavy atom. The Morgan fingerprint density at radius 3 is 2.60 bits per heavy atom. The lowest BCUT2D eigenvalue weighted by Crippen LogP contribution is -2.22. The number of hydrogen-bond donors (Lipinski definition) is 1. The highest BCUT2D eigenvalue weighted by atomic mass is 35.5. The van der Waals surface area contributed by atoms with Gasteiger partial charge in [0, 0.05) is 11.9 Å². The second kappa shape index (κ2) is 6.29. The highest BCUT2D eigenvalue weighted by Gasteiger charge is 2.22. The van der Waals surface area contributed by atoms with Crippen molar-refractivity contribution in [3.8, 4) is 0 Å². The fourth-order valence-corrected chi connectivity index (χ4v) is 3.15. The lowest BCUT2D eigenvalue weighted by molar-refractivity contribution is 0.144. The molecule has 0 amide bonds. The molecule has 1 atom stereocenters. The van der Waals surface area contributed by atoms with Crippen LogP contribution in [0.3, 0.4) is 0 Å². The molecular weight excluding hydrogens is 233 g/mol. The first-order valence-electron chi connectivity index (χ1n) is 4.76. The fourth-order valence-electron chi connectivity index (χ4n) is 1.12. The standard InChI is InChI=1S/C10H15ClNO2P/c1-2-14-9-12-15(13,8-11)10-6-4-3-5-7-10/h3-7H,2,8-9H2,1H3,(H,12,13). The molecule has 0 saturated carbocycles. The summed E-state index contributed by atoms with van der Waals surface area (Å²) in [5, 5.41) is 3.60. The molecule has 1 N–H and O–H groups in total. The normalized spacial score (nSPS) is 14.8. The zero-order valence-corrected chi connectivity index (χ0v) is 10.3. The lowest BCUT2D eigenvalue weighted by Gasteiger charge is -2.17. The molecule has 0 saturated heterocycles. The summed E-state index contributed by atoms with van der Waals surface area (Å²) in [5.41, 5.74) is 0.0735.